The lowest BCUT2D eigenvalue weighted by molar-refractivity contribution is -0.115. The Hall–Kier alpha value is -2.43. The molecule has 0 N–H and O–H groups in total. The number of fused-ring (bicyclic) bond motifs is 1. The van der Waals surface area contributed by atoms with Gasteiger partial charge in [0, 0.05) is 12.5 Å². The highest BCUT2D eigenvalue weighted by Gasteiger charge is 2.34. The van der Waals surface area contributed by atoms with Crippen molar-refractivity contribution in [2.24, 2.45) is 0 Å². The smallest absolute Gasteiger partial charge is 0.201 e. The summed E-state index contributed by atoms with van der Waals surface area (Å²) in [6.07, 6.45) is 6.42. The van der Waals surface area contributed by atoms with Gasteiger partial charge in [-0.05, 0) is 18.6 Å². The van der Waals surface area contributed by atoms with E-state index >= 15 is 0 Å². The van der Waals surface area contributed by atoms with Crippen molar-refractivity contribution in [1.82, 2.24) is 0 Å². The molecule has 0 aliphatic heterocycles. The average Bonchev–Trinajstić information content (AvgIpc) is 2.62. The first kappa shape index (κ1) is 18.9. The first-order valence-corrected chi connectivity index (χ1v) is 8.64. The van der Waals surface area contributed by atoms with Gasteiger partial charge in [-0.25, -0.2) is 0 Å². The first-order valence-electron chi connectivity index (χ1n) is 8.64. The maximum absolute atomic E-state index is 12.8. The number of carbonyl (C=O) groups is 3. The summed E-state index contributed by atoms with van der Waals surface area (Å²) in [5.41, 5.74) is 0.217. The second kappa shape index (κ2) is 8.60. The van der Waals surface area contributed by atoms with Crippen molar-refractivity contribution in [1.29, 1.82) is 0 Å². The third kappa shape index (κ3) is 3.98. The lowest BCUT2D eigenvalue weighted by Crippen LogP contribution is -2.23. The molecule has 5 heteroatoms. The Morgan fingerprint density at radius 2 is 1.52 bits per heavy atom. The van der Waals surface area contributed by atoms with E-state index in [1.807, 2.05) is 0 Å². The summed E-state index contributed by atoms with van der Waals surface area (Å²) in [6.45, 7) is 2.13. The summed E-state index contributed by atoms with van der Waals surface area (Å²) in [6, 6.07) is 3.15. The molecular weight excluding hydrogens is 320 g/mol. The minimum atomic E-state index is -0.469. The van der Waals surface area contributed by atoms with Crippen LogP contribution in [0.25, 0.3) is 0 Å². The minimum absolute atomic E-state index is 0.0560. The molecule has 134 valence electrons. The molecule has 25 heavy (non-hydrogen) atoms. The van der Waals surface area contributed by atoms with Crippen molar-refractivity contribution in [2.45, 2.75) is 45.4 Å². The van der Waals surface area contributed by atoms with Gasteiger partial charge in [0.2, 0.25) is 5.78 Å². The lowest BCUT2D eigenvalue weighted by atomic mass is 9.85. The number of hydrogen-bond donors (Lipinski definition) is 0. The van der Waals surface area contributed by atoms with Crippen LogP contribution in [-0.4, -0.2) is 31.6 Å². The van der Waals surface area contributed by atoms with Crippen molar-refractivity contribution in [3.8, 4) is 11.5 Å². The van der Waals surface area contributed by atoms with Gasteiger partial charge in [-0.2, -0.15) is 0 Å². The molecule has 0 radical (unpaired) electrons. The van der Waals surface area contributed by atoms with Crippen LogP contribution in [0.4, 0.5) is 0 Å². The Morgan fingerprint density at radius 1 is 0.920 bits per heavy atom. The molecule has 0 unspecified atom stereocenters. The molecule has 0 amide bonds. The highest BCUT2D eigenvalue weighted by Crippen LogP contribution is 2.36. The largest absolute Gasteiger partial charge is 0.496 e. The molecule has 2 rings (SSSR count). The van der Waals surface area contributed by atoms with Gasteiger partial charge in [-0.3, -0.25) is 14.4 Å². The molecule has 0 aromatic heterocycles. The van der Waals surface area contributed by atoms with Gasteiger partial charge in [-0.15, -0.1) is 0 Å². The summed E-state index contributed by atoms with van der Waals surface area (Å²) in [5, 5.41) is 0. The van der Waals surface area contributed by atoms with Crippen LogP contribution in [-0.2, 0) is 4.79 Å². The third-order valence-electron chi connectivity index (χ3n) is 4.37. The summed E-state index contributed by atoms with van der Waals surface area (Å²) >= 11 is 0. The molecule has 1 aliphatic carbocycles. The van der Waals surface area contributed by atoms with Crippen molar-refractivity contribution < 1.29 is 23.9 Å². The molecule has 0 saturated heterocycles. The number of ketones is 3. The van der Waals surface area contributed by atoms with Crippen LogP contribution in [0.3, 0.4) is 0 Å². The predicted octanol–water partition coefficient (Wildman–Crippen LogP) is 3.94. The number of rotatable bonds is 9. The van der Waals surface area contributed by atoms with Gasteiger partial charge in [0.1, 0.15) is 11.5 Å². The molecule has 0 bridgehead atoms. The minimum Gasteiger partial charge on any atom is -0.496 e. The van der Waals surface area contributed by atoms with E-state index in [9.17, 15) is 14.4 Å². The first-order chi connectivity index (χ1) is 12.0. The zero-order valence-corrected chi connectivity index (χ0v) is 15.0. The number of methoxy groups -OCH3 is 2. The Labute approximate surface area is 148 Å². The molecule has 0 heterocycles. The van der Waals surface area contributed by atoms with E-state index in [0.29, 0.717) is 5.75 Å². The number of hydrogen-bond acceptors (Lipinski definition) is 5. The second-order valence-electron chi connectivity index (χ2n) is 6.06. The topological polar surface area (TPSA) is 69.7 Å². The normalized spacial score (nSPS) is 13.3. The fourth-order valence-corrected chi connectivity index (χ4v) is 3.01. The van der Waals surface area contributed by atoms with Gasteiger partial charge in [-0.1, -0.05) is 32.6 Å². The van der Waals surface area contributed by atoms with Crippen molar-refractivity contribution in [3.63, 3.8) is 0 Å². The van der Waals surface area contributed by atoms with Gasteiger partial charge < -0.3 is 9.47 Å². The van der Waals surface area contributed by atoms with Gasteiger partial charge in [0.05, 0.1) is 30.9 Å². The summed E-state index contributed by atoms with van der Waals surface area (Å²) in [4.78, 5) is 37.7. The molecule has 5 nitrogen and oxygen atoms in total. The second-order valence-corrected chi connectivity index (χ2v) is 6.06. The zero-order valence-electron chi connectivity index (χ0n) is 15.0. The van der Waals surface area contributed by atoms with E-state index in [1.54, 1.807) is 12.1 Å². The number of ether oxygens (including phenoxy) is 2. The van der Waals surface area contributed by atoms with Crippen LogP contribution < -0.4 is 9.47 Å². The molecule has 1 aliphatic rings. The number of unbranched alkanes of at least 4 members (excludes halogenated alkanes) is 4. The van der Waals surface area contributed by atoms with Gasteiger partial charge in [0.25, 0.3) is 0 Å². The zero-order chi connectivity index (χ0) is 18.4. The van der Waals surface area contributed by atoms with E-state index in [-0.39, 0.29) is 34.7 Å². The van der Waals surface area contributed by atoms with Crippen LogP contribution in [0.15, 0.2) is 23.8 Å². The maximum atomic E-state index is 12.8. The van der Waals surface area contributed by atoms with Crippen LogP contribution >= 0.6 is 0 Å². The summed E-state index contributed by atoms with van der Waals surface area (Å²) in [7, 11) is 2.86. The van der Waals surface area contributed by atoms with Gasteiger partial charge in [0.15, 0.2) is 11.6 Å². The molecule has 1 aromatic rings. The number of benzene rings is 1. The maximum Gasteiger partial charge on any atom is 0.201 e. The fourth-order valence-electron chi connectivity index (χ4n) is 3.01. The Morgan fingerprint density at radius 3 is 2.12 bits per heavy atom. The number of carbonyl (C=O) groups excluding carboxylic acids is 3. The average molecular weight is 344 g/mol. The fraction of sp³-hybridized carbons (Fsp3) is 0.450. The number of allylic oxidation sites excluding steroid dienone is 2. The van der Waals surface area contributed by atoms with E-state index in [4.69, 9.17) is 9.47 Å². The lowest BCUT2D eigenvalue weighted by Gasteiger charge is -2.19. The van der Waals surface area contributed by atoms with E-state index in [2.05, 4.69) is 6.92 Å². The van der Waals surface area contributed by atoms with Crippen molar-refractivity contribution in [3.05, 3.63) is 34.9 Å². The van der Waals surface area contributed by atoms with Crippen LogP contribution in [0.5, 0.6) is 11.5 Å². The Balaban J connectivity index is 2.25. The number of Topliss-reactive ketones (excluding diaryl/α,β-unsaturated/α-hetero) is 2. The summed E-state index contributed by atoms with van der Waals surface area (Å²) in [5.74, 6) is -0.582. The molecule has 0 saturated carbocycles. The highest BCUT2D eigenvalue weighted by atomic mass is 16.5. The van der Waals surface area contributed by atoms with E-state index in [0.717, 1.165) is 38.2 Å². The quantitative estimate of drug-likeness (QED) is 0.501. The van der Waals surface area contributed by atoms with Crippen molar-refractivity contribution in [2.75, 3.05) is 14.2 Å². The van der Waals surface area contributed by atoms with E-state index in [1.165, 1.54) is 14.2 Å². The third-order valence-corrected chi connectivity index (χ3v) is 4.37. The summed E-state index contributed by atoms with van der Waals surface area (Å²) < 4.78 is 10.4. The van der Waals surface area contributed by atoms with Crippen LogP contribution in [0, 0.1) is 0 Å². The van der Waals surface area contributed by atoms with Gasteiger partial charge >= 0.3 is 0 Å². The molecule has 0 atom stereocenters. The van der Waals surface area contributed by atoms with Crippen LogP contribution in [0.2, 0.25) is 0 Å². The predicted molar refractivity (Wildman–Crippen MR) is 94.7 cm³/mol. The Kier molecular flexibility index (Phi) is 6.51. The SMILES string of the molecule is CCCCCCCC(=O)C1=CC(=O)c2c(OC)ccc(OC)c2C1=O. The van der Waals surface area contributed by atoms with Crippen LogP contribution in [0.1, 0.15) is 66.2 Å². The monoisotopic (exact) mass is 344 g/mol. The van der Waals surface area contributed by atoms with Crippen molar-refractivity contribution >= 4 is 17.3 Å². The molecule has 0 fully saturated rings. The Bertz CT molecular complexity index is 715. The molecular formula is C20H24O5. The molecule has 1 aromatic carbocycles. The van der Waals surface area contributed by atoms with E-state index < -0.39 is 11.6 Å². The standard InChI is InChI=1S/C20H24O5/c1-4-5-6-7-8-9-14(21)13-12-15(22)18-16(24-2)10-11-17(25-3)19(18)20(13)23/h10-12H,4-9H2,1-3H3. The highest BCUT2D eigenvalue weighted by molar-refractivity contribution is 6.36. The molecule has 0 spiro atoms.